The second-order valence-electron chi connectivity index (χ2n) is 4.88. The van der Waals surface area contributed by atoms with Crippen molar-refractivity contribution in [2.75, 3.05) is 6.54 Å². The summed E-state index contributed by atoms with van der Waals surface area (Å²) in [7, 11) is 0. The molecule has 0 spiro atoms. The molecule has 3 atom stereocenters. The van der Waals surface area contributed by atoms with Crippen LogP contribution in [0.3, 0.4) is 0 Å². The van der Waals surface area contributed by atoms with Crippen molar-refractivity contribution in [3.05, 3.63) is 0 Å². The van der Waals surface area contributed by atoms with Gasteiger partial charge >= 0.3 is 5.97 Å². The standard InChI is InChI=1S/C12H21N3O4/c1-2-7-3-4-14-8(5-7)11(17)15-9(12(18)19)6-10(13)16/h7-9,14H,2-6H2,1H3,(H2,13,16)(H,15,17)(H,18,19)/t7?,8?,9-/m0/s1. The smallest absolute Gasteiger partial charge is 0.326 e. The lowest BCUT2D eigenvalue weighted by molar-refractivity contribution is -0.143. The Morgan fingerprint density at radius 2 is 2.16 bits per heavy atom. The molecule has 7 heteroatoms. The van der Waals surface area contributed by atoms with Crippen LogP contribution in [-0.4, -0.2) is 41.5 Å². The zero-order chi connectivity index (χ0) is 14.4. The lowest BCUT2D eigenvalue weighted by Gasteiger charge is -2.29. The number of aliphatic carboxylic acids is 1. The van der Waals surface area contributed by atoms with Crippen molar-refractivity contribution >= 4 is 17.8 Å². The monoisotopic (exact) mass is 271 g/mol. The van der Waals surface area contributed by atoms with E-state index in [0.717, 1.165) is 19.4 Å². The largest absolute Gasteiger partial charge is 0.480 e. The number of carbonyl (C=O) groups excluding carboxylic acids is 2. The maximum atomic E-state index is 12.0. The molecule has 1 rings (SSSR count). The van der Waals surface area contributed by atoms with Crippen molar-refractivity contribution in [2.24, 2.45) is 11.7 Å². The van der Waals surface area contributed by atoms with E-state index in [4.69, 9.17) is 10.8 Å². The van der Waals surface area contributed by atoms with Crippen LogP contribution in [0.5, 0.6) is 0 Å². The van der Waals surface area contributed by atoms with Gasteiger partial charge < -0.3 is 21.5 Å². The molecular formula is C12H21N3O4. The average molecular weight is 271 g/mol. The van der Waals surface area contributed by atoms with Crippen LogP contribution in [0.25, 0.3) is 0 Å². The minimum Gasteiger partial charge on any atom is -0.480 e. The summed E-state index contributed by atoms with van der Waals surface area (Å²) >= 11 is 0. The first-order valence-corrected chi connectivity index (χ1v) is 6.48. The Bertz CT molecular complexity index is 359. The number of piperidine rings is 1. The van der Waals surface area contributed by atoms with E-state index in [0.29, 0.717) is 12.3 Å². The van der Waals surface area contributed by atoms with Gasteiger partial charge in [0.1, 0.15) is 6.04 Å². The summed E-state index contributed by atoms with van der Waals surface area (Å²) in [5, 5.41) is 14.3. The van der Waals surface area contributed by atoms with E-state index in [1.54, 1.807) is 0 Å². The number of amides is 2. The van der Waals surface area contributed by atoms with Gasteiger partial charge in [-0.15, -0.1) is 0 Å². The van der Waals surface area contributed by atoms with Crippen molar-refractivity contribution in [2.45, 2.75) is 44.7 Å². The Morgan fingerprint density at radius 1 is 1.47 bits per heavy atom. The van der Waals surface area contributed by atoms with Crippen LogP contribution in [0.4, 0.5) is 0 Å². The van der Waals surface area contributed by atoms with Crippen LogP contribution in [0.15, 0.2) is 0 Å². The third-order valence-electron chi connectivity index (χ3n) is 3.43. The van der Waals surface area contributed by atoms with E-state index < -0.39 is 30.4 Å². The molecule has 1 fully saturated rings. The molecule has 0 saturated carbocycles. The van der Waals surface area contributed by atoms with Crippen LogP contribution in [0.1, 0.15) is 32.6 Å². The van der Waals surface area contributed by atoms with Gasteiger partial charge in [-0.3, -0.25) is 9.59 Å². The molecule has 0 radical (unpaired) electrons. The molecule has 1 aliphatic rings. The van der Waals surface area contributed by atoms with E-state index in [1.165, 1.54) is 0 Å². The highest BCUT2D eigenvalue weighted by atomic mass is 16.4. The Morgan fingerprint density at radius 3 is 2.68 bits per heavy atom. The first kappa shape index (κ1) is 15.4. The number of rotatable bonds is 6. The summed E-state index contributed by atoms with van der Waals surface area (Å²) in [5.74, 6) is -1.92. The first-order chi connectivity index (χ1) is 8.93. The highest BCUT2D eigenvalue weighted by Crippen LogP contribution is 2.19. The van der Waals surface area contributed by atoms with Gasteiger partial charge in [-0.25, -0.2) is 4.79 Å². The van der Waals surface area contributed by atoms with Gasteiger partial charge in [0.05, 0.1) is 12.5 Å². The maximum Gasteiger partial charge on any atom is 0.326 e. The fourth-order valence-electron chi connectivity index (χ4n) is 2.24. The van der Waals surface area contributed by atoms with Crippen molar-refractivity contribution in [1.29, 1.82) is 0 Å². The van der Waals surface area contributed by atoms with Crippen LogP contribution in [0.2, 0.25) is 0 Å². The Balaban J connectivity index is 2.56. The molecule has 7 nitrogen and oxygen atoms in total. The maximum absolute atomic E-state index is 12.0. The molecule has 1 saturated heterocycles. The number of carbonyl (C=O) groups is 3. The highest BCUT2D eigenvalue weighted by molar-refractivity contribution is 5.90. The summed E-state index contributed by atoms with van der Waals surface area (Å²) in [6, 6.07) is -1.65. The van der Waals surface area contributed by atoms with Gasteiger partial charge in [-0.05, 0) is 25.3 Å². The fourth-order valence-corrected chi connectivity index (χ4v) is 2.24. The molecule has 108 valence electrons. The second-order valence-corrected chi connectivity index (χ2v) is 4.88. The van der Waals surface area contributed by atoms with E-state index in [-0.39, 0.29) is 5.91 Å². The second kappa shape index (κ2) is 7.08. The minimum absolute atomic E-state index is 0.383. The zero-order valence-electron chi connectivity index (χ0n) is 11.0. The normalized spacial score (nSPS) is 24.5. The molecule has 0 aromatic heterocycles. The Labute approximate surface area is 111 Å². The molecule has 5 N–H and O–H groups in total. The number of carboxylic acids is 1. The van der Waals surface area contributed by atoms with Gasteiger partial charge in [0.25, 0.3) is 0 Å². The summed E-state index contributed by atoms with van der Waals surface area (Å²) in [6.07, 6.45) is 2.30. The van der Waals surface area contributed by atoms with Crippen molar-refractivity contribution in [3.63, 3.8) is 0 Å². The third-order valence-corrected chi connectivity index (χ3v) is 3.43. The average Bonchev–Trinajstić information content (AvgIpc) is 2.37. The fraction of sp³-hybridized carbons (Fsp3) is 0.750. The molecular weight excluding hydrogens is 250 g/mol. The number of hydrogen-bond acceptors (Lipinski definition) is 4. The lowest BCUT2D eigenvalue weighted by Crippen LogP contribution is -2.53. The van der Waals surface area contributed by atoms with E-state index in [1.807, 2.05) is 0 Å². The minimum atomic E-state index is -1.26. The van der Waals surface area contributed by atoms with Gasteiger partial charge in [0.15, 0.2) is 0 Å². The molecule has 0 aromatic rings. The predicted octanol–water partition coefficient (Wildman–Crippen LogP) is -0.791. The highest BCUT2D eigenvalue weighted by Gasteiger charge is 2.29. The Hall–Kier alpha value is -1.63. The van der Waals surface area contributed by atoms with E-state index >= 15 is 0 Å². The molecule has 1 aliphatic heterocycles. The van der Waals surface area contributed by atoms with Gasteiger partial charge in [0.2, 0.25) is 11.8 Å². The van der Waals surface area contributed by atoms with Crippen LogP contribution in [-0.2, 0) is 14.4 Å². The SMILES string of the molecule is CCC1CCNC(C(=O)N[C@@H](CC(N)=O)C(=O)O)C1. The Kier molecular flexibility index (Phi) is 5.75. The zero-order valence-corrected chi connectivity index (χ0v) is 11.0. The number of hydrogen-bond donors (Lipinski definition) is 4. The van der Waals surface area contributed by atoms with Crippen LogP contribution >= 0.6 is 0 Å². The van der Waals surface area contributed by atoms with Crippen molar-refractivity contribution in [1.82, 2.24) is 10.6 Å². The summed E-state index contributed by atoms with van der Waals surface area (Å²) in [6.45, 7) is 2.81. The number of carboxylic acid groups (broad SMARTS) is 1. The molecule has 2 unspecified atom stereocenters. The molecule has 1 heterocycles. The molecule has 19 heavy (non-hydrogen) atoms. The van der Waals surface area contributed by atoms with Gasteiger partial charge in [-0.1, -0.05) is 13.3 Å². The summed E-state index contributed by atoms with van der Waals surface area (Å²) in [4.78, 5) is 33.7. The topological polar surface area (TPSA) is 122 Å². The molecule has 2 amide bonds. The quantitative estimate of drug-likeness (QED) is 0.504. The molecule has 0 aliphatic carbocycles. The lowest BCUT2D eigenvalue weighted by atomic mass is 9.90. The van der Waals surface area contributed by atoms with Gasteiger partial charge in [0, 0.05) is 0 Å². The van der Waals surface area contributed by atoms with E-state index in [9.17, 15) is 14.4 Å². The predicted molar refractivity (Wildman–Crippen MR) is 68.2 cm³/mol. The first-order valence-electron chi connectivity index (χ1n) is 6.48. The number of primary amides is 1. The molecule has 0 aromatic carbocycles. The van der Waals surface area contributed by atoms with Crippen LogP contribution in [0, 0.1) is 5.92 Å². The number of nitrogens with two attached hydrogens (primary N) is 1. The van der Waals surface area contributed by atoms with E-state index in [2.05, 4.69) is 17.6 Å². The number of nitrogens with one attached hydrogen (secondary N) is 2. The van der Waals surface area contributed by atoms with Crippen molar-refractivity contribution in [3.8, 4) is 0 Å². The van der Waals surface area contributed by atoms with Crippen LogP contribution < -0.4 is 16.4 Å². The molecule has 0 bridgehead atoms. The van der Waals surface area contributed by atoms with Gasteiger partial charge in [-0.2, -0.15) is 0 Å². The van der Waals surface area contributed by atoms with Crippen molar-refractivity contribution < 1.29 is 19.5 Å². The summed E-state index contributed by atoms with van der Waals surface area (Å²) in [5.41, 5.74) is 4.96. The third kappa shape index (κ3) is 4.86. The summed E-state index contributed by atoms with van der Waals surface area (Å²) < 4.78 is 0.